The van der Waals surface area contributed by atoms with Gasteiger partial charge in [0.25, 0.3) is 0 Å². The molecule has 0 bridgehead atoms. The van der Waals surface area contributed by atoms with Gasteiger partial charge in [0.15, 0.2) is 5.92 Å². The SMILES string of the molecule is O=C(O)C(Cc1nc(-c2ccc(Oc3ccc(C(F)(F)F)cn3)cc2)no1)C(=O)O. The number of alkyl halides is 3. The quantitative estimate of drug-likeness (QED) is 0.549. The first kappa shape index (κ1) is 20.8. The molecule has 156 valence electrons. The minimum absolute atomic E-state index is 0.0361. The lowest BCUT2D eigenvalue weighted by molar-refractivity contribution is -0.154. The van der Waals surface area contributed by atoms with Gasteiger partial charge < -0.3 is 19.5 Å². The number of rotatable bonds is 7. The largest absolute Gasteiger partial charge is 0.481 e. The molecule has 12 heteroatoms. The van der Waals surface area contributed by atoms with Gasteiger partial charge in [0.05, 0.1) is 12.0 Å². The molecule has 0 aliphatic carbocycles. The molecule has 0 aliphatic heterocycles. The number of halogens is 3. The van der Waals surface area contributed by atoms with E-state index in [4.69, 9.17) is 19.5 Å². The minimum Gasteiger partial charge on any atom is -0.481 e. The third-order valence-electron chi connectivity index (χ3n) is 3.84. The van der Waals surface area contributed by atoms with E-state index in [0.717, 1.165) is 12.1 Å². The highest BCUT2D eigenvalue weighted by Crippen LogP contribution is 2.30. The van der Waals surface area contributed by atoms with Crippen LogP contribution in [0.5, 0.6) is 11.6 Å². The standard InChI is InChI=1S/C18H12F3N3O6/c19-18(20,21)10-3-6-13(22-8-10)29-11-4-1-9(2-5-11)15-23-14(30-24-15)7-12(16(25)26)17(27)28/h1-6,8,12H,7H2,(H,25,26)(H,27,28). The van der Waals surface area contributed by atoms with Crippen LogP contribution in [0, 0.1) is 5.92 Å². The van der Waals surface area contributed by atoms with Crippen LogP contribution in [0.2, 0.25) is 0 Å². The number of ether oxygens (including phenoxy) is 1. The molecule has 0 spiro atoms. The maximum Gasteiger partial charge on any atom is 0.417 e. The monoisotopic (exact) mass is 423 g/mol. The van der Waals surface area contributed by atoms with E-state index in [1.165, 1.54) is 24.3 Å². The zero-order valence-corrected chi connectivity index (χ0v) is 14.8. The predicted octanol–water partition coefficient (Wildman–Crippen LogP) is 3.27. The third-order valence-corrected chi connectivity index (χ3v) is 3.84. The summed E-state index contributed by atoms with van der Waals surface area (Å²) in [5.41, 5.74) is -0.439. The summed E-state index contributed by atoms with van der Waals surface area (Å²) >= 11 is 0. The summed E-state index contributed by atoms with van der Waals surface area (Å²) in [6.45, 7) is 0. The number of benzene rings is 1. The second-order valence-corrected chi connectivity index (χ2v) is 5.95. The van der Waals surface area contributed by atoms with E-state index in [9.17, 15) is 22.8 Å². The van der Waals surface area contributed by atoms with Crippen molar-refractivity contribution in [1.82, 2.24) is 15.1 Å². The van der Waals surface area contributed by atoms with E-state index in [-0.39, 0.29) is 23.3 Å². The van der Waals surface area contributed by atoms with Crippen LogP contribution in [0.25, 0.3) is 11.4 Å². The average molecular weight is 423 g/mol. The van der Waals surface area contributed by atoms with Crippen molar-refractivity contribution >= 4 is 11.9 Å². The summed E-state index contributed by atoms with van der Waals surface area (Å²) in [6.07, 6.45) is -4.31. The highest BCUT2D eigenvalue weighted by molar-refractivity contribution is 5.93. The smallest absolute Gasteiger partial charge is 0.417 e. The Balaban J connectivity index is 1.68. The molecule has 3 rings (SSSR count). The van der Waals surface area contributed by atoms with Crippen LogP contribution in [-0.2, 0) is 22.2 Å². The maximum atomic E-state index is 12.5. The van der Waals surface area contributed by atoms with Gasteiger partial charge in [-0.3, -0.25) is 9.59 Å². The first-order valence-corrected chi connectivity index (χ1v) is 8.23. The number of aliphatic carboxylic acids is 2. The second-order valence-electron chi connectivity index (χ2n) is 5.95. The number of nitrogens with zero attached hydrogens (tertiary/aromatic N) is 3. The average Bonchev–Trinajstić information content (AvgIpc) is 3.15. The van der Waals surface area contributed by atoms with Crippen LogP contribution < -0.4 is 4.74 Å². The van der Waals surface area contributed by atoms with Gasteiger partial charge in [-0.2, -0.15) is 18.2 Å². The fourth-order valence-electron chi connectivity index (χ4n) is 2.31. The third kappa shape index (κ3) is 4.90. The molecule has 0 aliphatic rings. The Morgan fingerprint density at radius 3 is 2.27 bits per heavy atom. The van der Waals surface area contributed by atoms with Crippen LogP contribution in [0.15, 0.2) is 47.1 Å². The van der Waals surface area contributed by atoms with Gasteiger partial charge in [0.1, 0.15) is 5.75 Å². The fraction of sp³-hybridized carbons (Fsp3) is 0.167. The zero-order chi connectivity index (χ0) is 21.9. The predicted molar refractivity (Wildman–Crippen MR) is 91.5 cm³/mol. The lowest BCUT2D eigenvalue weighted by Gasteiger charge is -2.08. The Bertz CT molecular complexity index is 1030. The Morgan fingerprint density at radius 2 is 1.73 bits per heavy atom. The molecule has 0 radical (unpaired) electrons. The van der Waals surface area contributed by atoms with Crippen molar-refractivity contribution in [2.75, 3.05) is 0 Å². The zero-order valence-electron chi connectivity index (χ0n) is 14.8. The maximum absolute atomic E-state index is 12.5. The summed E-state index contributed by atoms with van der Waals surface area (Å²) < 4.78 is 47.9. The van der Waals surface area contributed by atoms with E-state index >= 15 is 0 Å². The van der Waals surface area contributed by atoms with Crippen molar-refractivity contribution < 1.29 is 42.2 Å². The van der Waals surface area contributed by atoms with Crippen LogP contribution in [0.1, 0.15) is 11.5 Å². The molecule has 0 amide bonds. The molecule has 2 aromatic heterocycles. The topological polar surface area (TPSA) is 136 Å². The number of carbonyl (C=O) groups is 2. The summed E-state index contributed by atoms with van der Waals surface area (Å²) in [6, 6.07) is 7.96. The first-order valence-electron chi connectivity index (χ1n) is 8.23. The van der Waals surface area contributed by atoms with Crippen LogP contribution in [0.4, 0.5) is 13.2 Å². The second kappa shape index (κ2) is 8.19. The lowest BCUT2D eigenvalue weighted by atomic mass is 10.1. The Hall–Kier alpha value is -3.96. The van der Waals surface area contributed by atoms with E-state index < -0.39 is 36.0 Å². The number of carboxylic acids is 2. The van der Waals surface area contributed by atoms with Gasteiger partial charge in [-0.15, -0.1) is 0 Å². The summed E-state index contributed by atoms with van der Waals surface area (Å²) in [4.78, 5) is 29.4. The van der Waals surface area contributed by atoms with E-state index in [2.05, 4.69) is 15.1 Å². The Labute approximate surface area is 165 Å². The number of pyridine rings is 1. The molecular formula is C18H12F3N3O6. The minimum atomic E-state index is -4.49. The number of aromatic nitrogens is 3. The fourth-order valence-corrected chi connectivity index (χ4v) is 2.31. The number of hydrogen-bond acceptors (Lipinski definition) is 7. The number of hydrogen-bond donors (Lipinski definition) is 2. The molecule has 2 heterocycles. The highest BCUT2D eigenvalue weighted by Gasteiger charge is 2.31. The van der Waals surface area contributed by atoms with Gasteiger partial charge in [-0.25, -0.2) is 4.98 Å². The summed E-state index contributed by atoms with van der Waals surface area (Å²) in [5, 5.41) is 21.5. The molecule has 30 heavy (non-hydrogen) atoms. The Kier molecular flexibility index (Phi) is 5.67. The van der Waals surface area contributed by atoms with Crippen LogP contribution in [-0.4, -0.2) is 37.3 Å². The summed E-state index contributed by atoms with van der Waals surface area (Å²) in [7, 11) is 0. The van der Waals surface area contributed by atoms with Crippen LogP contribution >= 0.6 is 0 Å². The molecule has 1 aromatic carbocycles. The van der Waals surface area contributed by atoms with Crippen molar-refractivity contribution in [3.05, 3.63) is 54.0 Å². The van der Waals surface area contributed by atoms with Gasteiger partial charge in [0, 0.05) is 17.8 Å². The van der Waals surface area contributed by atoms with E-state index in [0.29, 0.717) is 11.8 Å². The normalized spacial score (nSPS) is 11.5. The molecule has 0 atom stereocenters. The molecule has 0 saturated carbocycles. The van der Waals surface area contributed by atoms with Gasteiger partial charge in [0.2, 0.25) is 17.6 Å². The van der Waals surface area contributed by atoms with E-state index in [1.54, 1.807) is 0 Å². The number of carboxylic acid groups (broad SMARTS) is 2. The van der Waals surface area contributed by atoms with Crippen molar-refractivity contribution in [3.8, 4) is 23.0 Å². The molecule has 3 aromatic rings. The first-order chi connectivity index (χ1) is 14.1. The molecule has 0 unspecified atom stereocenters. The molecule has 2 N–H and O–H groups in total. The molecule has 0 saturated heterocycles. The molecular weight excluding hydrogens is 411 g/mol. The Morgan fingerprint density at radius 1 is 1.07 bits per heavy atom. The van der Waals surface area contributed by atoms with E-state index in [1.807, 2.05) is 0 Å². The van der Waals surface area contributed by atoms with Crippen molar-refractivity contribution in [2.45, 2.75) is 12.6 Å². The van der Waals surface area contributed by atoms with Gasteiger partial charge in [-0.1, -0.05) is 5.16 Å². The summed E-state index contributed by atoms with van der Waals surface area (Å²) in [5.74, 6) is -4.59. The lowest BCUT2D eigenvalue weighted by Crippen LogP contribution is -2.25. The van der Waals surface area contributed by atoms with Crippen molar-refractivity contribution in [2.24, 2.45) is 5.92 Å². The van der Waals surface area contributed by atoms with Gasteiger partial charge in [-0.05, 0) is 30.3 Å². The molecule has 0 fully saturated rings. The van der Waals surface area contributed by atoms with Crippen molar-refractivity contribution in [1.29, 1.82) is 0 Å². The highest BCUT2D eigenvalue weighted by atomic mass is 19.4. The van der Waals surface area contributed by atoms with Crippen LogP contribution in [0.3, 0.4) is 0 Å². The molecule has 9 nitrogen and oxygen atoms in total. The van der Waals surface area contributed by atoms with Crippen molar-refractivity contribution in [3.63, 3.8) is 0 Å². The van der Waals surface area contributed by atoms with Gasteiger partial charge >= 0.3 is 18.1 Å².